The molecule has 0 aliphatic rings. The monoisotopic (exact) mass is 180 g/mol. The fourth-order valence-electron chi connectivity index (χ4n) is 1.24. The highest BCUT2D eigenvalue weighted by molar-refractivity contribution is 5.95. The van der Waals surface area contributed by atoms with Crippen LogP contribution in [0.5, 0.6) is 0 Å². The Balaban J connectivity index is 2.50. The summed E-state index contributed by atoms with van der Waals surface area (Å²) in [5, 5.41) is 0. The lowest BCUT2D eigenvalue weighted by atomic mass is 10.2. The number of Topliss-reactive ketones (excluding diaryl/α,β-unsaturated/α-hetero) is 1. The molecule has 1 heterocycles. The van der Waals surface area contributed by atoms with Crippen molar-refractivity contribution in [3.8, 4) is 0 Å². The van der Waals surface area contributed by atoms with E-state index in [0.717, 1.165) is 13.1 Å². The van der Waals surface area contributed by atoms with Crippen LogP contribution in [-0.2, 0) is 0 Å². The van der Waals surface area contributed by atoms with E-state index < -0.39 is 0 Å². The van der Waals surface area contributed by atoms with Gasteiger partial charge < -0.3 is 4.98 Å². The minimum Gasteiger partial charge on any atom is -0.359 e. The first-order valence-electron chi connectivity index (χ1n) is 4.66. The molecule has 1 aromatic heterocycles. The number of rotatable bonds is 5. The lowest BCUT2D eigenvalue weighted by Gasteiger charge is -2.15. The number of ketones is 1. The summed E-state index contributed by atoms with van der Waals surface area (Å²) in [6.07, 6.45) is 1.77. The molecule has 3 nitrogen and oxygen atoms in total. The van der Waals surface area contributed by atoms with Gasteiger partial charge in [0, 0.05) is 6.20 Å². The van der Waals surface area contributed by atoms with Crippen molar-refractivity contribution in [2.45, 2.75) is 13.8 Å². The van der Waals surface area contributed by atoms with E-state index in [9.17, 15) is 4.79 Å². The Morgan fingerprint density at radius 2 is 2.15 bits per heavy atom. The summed E-state index contributed by atoms with van der Waals surface area (Å²) < 4.78 is 0. The van der Waals surface area contributed by atoms with Gasteiger partial charge in [0.2, 0.25) is 0 Å². The Bertz CT molecular complexity index is 250. The molecule has 0 saturated heterocycles. The van der Waals surface area contributed by atoms with Crippen LogP contribution in [0.3, 0.4) is 0 Å². The number of hydrogen-bond acceptors (Lipinski definition) is 2. The Morgan fingerprint density at radius 1 is 1.46 bits per heavy atom. The van der Waals surface area contributed by atoms with Crippen molar-refractivity contribution in [2.24, 2.45) is 0 Å². The third-order valence-electron chi connectivity index (χ3n) is 2.16. The lowest BCUT2D eigenvalue weighted by Crippen LogP contribution is -2.29. The van der Waals surface area contributed by atoms with Crippen LogP contribution in [0.4, 0.5) is 0 Å². The minimum atomic E-state index is 0.161. The van der Waals surface area contributed by atoms with E-state index in [4.69, 9.17) is 0 Å². The quantitative estimate of drug-likeness (QED) is 0.698. The van der Waals surface area contributed by atoms with Crippen molar-refractivity contribution in [1.82, 2.24) is 9.88 Å². The first-order valence-corrected chi connectivity index (χ1v) is 4.66. The molecule has 3 heteroatoms. The molecule has 0 aromatic carbocycles. The Hall–Kier alpha value is -1.09. The Morgan fingerprint density at radius 3 is 2.62 bits per heavy atom. The van der Waals surface area contributed by atoms with Crippen LogP contribution >= 0.6 is 0 Å². The molecule has 0 saturated carbocycles. The second-order valence-corrected chi connectivity index (χ2v) is 2.97. The highest BCUT2D eigenvalue weighted by Crippen LogP contribution is 1.98. The highest BCUT2D eigenvalue weighted by Gasteiger charge is 2.09. The molecule has 0 radical (unpaired) electrons. The van der Waals surface area contributed by atoms with Gasteiger partial charge in [-0.15, -0.1) is 0 Å². The number of likely N-dealkylation sites (N-methyl/N-ethyl adjacent to an activating group) is 1. The summed E-state index contributed by atoms with van der Waals surface area (Å²) in [6, 6.07) is 3.65. The summed E-state index contributed by atoms with van der Waals surface area (Å²) in [6.45, 7) is 6.47. The molecule has 1 N–H and O–H groups in total. The average molecular weight is 180 g/mol. The molecule has 0 aliphatic carbocycles. The van der Waals surface area contributed by atoms with E-state index in [1.54, 1.807) is 6.20 Å². The molecule has 0 fully saturated rings. The molecular weight excluding hydrogens is 164 g/mol. The molecular formula is C10H16N2O. The smallest absolute Gasteiger partial charge is 0.192 e. The molecule has 1 rings (SSSR count). The highest BCUT2D eigenvalue weighted by atomic mass is 16.1. The zero-order chi connectivity index (χ0) is 9.68. The first kappa shape index (κ1) is 9.99. The third-order valence-corrected chi connectivity index (χ3v) is 2.16. The average Bonchev–Trinajstić information content (AvgIpc) is 2.66. The van der Waals surface area contributed by atoms with Crippen LogP contribution < -0.4 is 0 Å². The van der Waals surface area contributed by atoms with Gasteiger partial charge in [0.25, 0.3) is 0 Å². The molecule has 1 aromatic rings. The molecule has 0 spiro atoms. The van der Waals surface area contributed by atoms with Crippen molar-refractivity contribution < 1.29 is 4.79 Å². The van der Waals surface area contributed by atoms with Gasteiger partial charge in [-0.3, -0.25) is 9.69 Å². The van der Waals surface area contributed by atoms with Crippen molar-refractivity contribution in [3.63, 3.8) is 0 Å². The molecule has 0 unspecified atom stereocenters. The van der Waals surface area contributed by atoms with Crippen molar-refractivity contribution in [2.75, 3.05) is 19.6 Å². The van der Waals surface area contributed by atoms with Crippen LogP contribution in [-0.4, -0.2) is 35.3 Å². The second kappa shape index (κ2) is 4.82. The van der Waals surface area contributed by atoms with Crippen LogP contribution in [0.15, 0.2) is 18.3 Å². The van der Waals surface area contributed by atoms with Gasteiger partial charge in [0.1, 0.15) is 0 Å². The van der Waals surface area contributed by atoms with Crippen LogP contribution in [0, 0.1) is 0 Å². The van der Waals surface area contributed by atoms with Gasteiger partial charge >= 0.3 is 0 Å². The van der Waals surface area contributed by atoms with Crippen molar-refractivity contribution in [1.29, 1.82) is 0 Å². The maximum atomic E-state index is 11.6. The Labute approximate surface area is 78.8 Å². The van der Waals surface area contributed by atoms with Gasteiger partial charge in [0.05, 0.1) is 12.2 Å². The number of aromatic nitrogens is 1. The number of carbonyl (C=O) groups excluding carboxylic acids is 1. The third kappa shape index (κ3) is 2.70. The summed E-state index contributed by atoms with van der Waals surface area (Å²) in [5.74, 6) is 0.161. The number of carbonyl (C=O) groups is 1. The Kier molecular flexibility index (Phi) is 3.71. The van der Waals surface area contributed by atoms with Gasteiger partial charge in [-0.05, 0) is 25.2 Å². The summed E-state index contributed by atoms with van der Waals surface area (Å²) in [5.41, 5.74) is 0.701. The van der Waals surface area contributed by atoms with Crippen molar-refractivity contribution in [3.05, 3.63) is 24.0 Å². The van der Waals surface area contributed by atoms with E-state index in [1.807, 2.05) is 12.1 Å². The number of nitrogens with zero attached hydrogens (tertiary/aromatic N) is 1. The fraction of sp³-hybridized carbons (Fsp3) is 0.500. The van der Waals surface area contributed by atoms with Gasteiger partial charge in [-0.2, -0.15) is 0 Å². The number of nitrogens with one attached hydrogen (secondary N) is 1. The SMILES string of the molecule is CCN(CC)CC(=O)c1ccc[nH]1. The van der Waals surface area contributed by atoms with Crippen LogP contribution in [0.2, 0.25) is 0 Å². The molecule has 13 heavy (non-hydrogen) atoms. The molecule has 0 bridgehead atoms. The minimum absolute atomic E-state index is 0.161. The van der Waals surface area contributed by atoms with Gasteiger partial charge in [-0.25, -0.2) is 0 Å². The van der Waals surface area contributed by atoms with Gasteiger partial charge in [0.15, 0.2) is 5.78 Å². The number of H-pyrrole nitrogens is 1. The number of hydrogen-bond donors (Lipinski definition) is 1. The van der Waals surface area contributed by atoms with Crippen molar-refractivity contribution >= 4 is 5.78 Å². The molecule has 0 aliphatic heterocycles. The van der Waals surface area contributed by atoms with E-state index in [1.165, 1.54) is 0 Å². The standard InChI is InChI=1S/C10H16N2O/c1-3-12(4-2)8-10(13)9-6-5-7-11-9/h5-7,11H,3-4,8H2,1-2H3. The van der Waals surface area contributed by atoms with Crippen LogP contribution in [0.1, 0.15) is 24.3 Å². The van der Waals surface area contributed by atoms with E-state index in [2.05, 4.69) is 23.7 Å². The molecule has 72 valence electrons. The second-order valence-electron chi connectivity index (χ2n) is 2.97. The zero-order valence-electron chi connectivity index (χ0n) is 8.21. The van der Waals surface area contributed by atoms with E-state index in [-0.39, 0.29) is 5.78 Å². The molecule has 0 amide bonds. The zero-order valence-corrected chi connectivity index (χ0v) is 8.21. The van der Waals surface area contributed by atoms with Gasteiger partial charge in [-0.1, -0.05) is 13.8 Å². The predicted molar refractivity (Wildman–Crippen MR) is 52.9 cm³/mol. The maximum absolute atomic E-state index is 11.6. The van der Waals surface area contributed by atoms with E-state index in [0.29, 0.717) is 12.2 Å². The predicted octanol–water partition coefficient (Wildman–Crippen LogP) is 1.54. The molecule has 0 atom stereocenters. The maximum Gasteiger partial charge on any atom is 0.192 e. The lowest BCUT2D eigenvalue weighted by molar-refractivity contribution is 0.0933. The fourth-order valence-corrected chi connectivity index (χ4v) is 1.24. The van der Waals surface area contributed by atoms with E-state index >= 15 is 0 Å². The summed E-state index contributed by atoms with van der Waals surface area (Å²) >= 11 is 0. The summed E-state index contributed by atoms with van der Waals surface area (Å²) in [7, 11) is 0. The normalized spacial score (nSPS) is 10.7. The number of aromatic amines is 1. The van der Waals surface area contributed by atoms with Crippen LogP contribution in [0.25, 0.3) is 0 Å². The summed E-state index contributed by atoms with van der Waals surface area (Å²) in [4.78, 5) is 16.6. The topological polar surface area (TPSA) is 36.1 Å². The first-order chi connectivity index (χ1) is 6.27. The largest absolute Gasteiger partial charge is 0.359 e.